The third-order valence-electron chi connectivity index (χ3n) is 5.20. The lowest BCUT2D eigenvalue weighted by atomic mass is 9.89. The molecule has 2 heteroatoms. The highest BCUT2D eigenvalue weighted by Gasteiger charge is 2.25. The fraction of sp³-hybridized carbons (Fsp3) is 0.474. The number of nitrogens with zero attached hydrogens (tertiary/aromatic N) is 1. The highest BCUT2D eigenvalue weighted by Crippen LogP contribution is 2.31. The van der Waals surface area contributed by atoms with Crippen molar-refractivity contribution in [3.63, 3.8) is 0 Å². The zero-order valence-electron chi connectivity index (χ0n) is 13.1. The van der Waals surface area contributed by atoms with Crippen molar-refractivity contribution in [2.24, 2.45) is 5.73 Å². The summed E-state index contributed by atoms with van der Waals surface area (Å²) in [5.74, 6) is 0. The molecule has 2 aromatic carbocycles. The predicted molar refractivity (Wildman–Crippen MR) is 90.4 cm³/mol. The molecule has 3 rings (SSSR count). The van der Waals surface area contributed by atoms with E-state index < -0.39 is 0 Å². The van der Waals surface area contributed by atoms with Crippen molar-refractivity contribution in [1.82, 2.24) is 4.90 Å². The van der Waals surface area contributed by atoms with E-state index in [1.165, 1.54) is 29.2 Å². The van der Waals surface area contributed by atoms with Crippen molar-refractivity contribution < 1.29 is 0 Å². The van der Waals surface area contributed by atoms with Gasteiger partial charge in [0.25, 0.3) is 0 Å². The maximum atomic E-state index is 6.04. The molecule has 1 atom stereocenters. The Morgan fingerprint density at radius 1 is 1.00 bits per heavy atom. The minimum absolute atomic E-state index is 0.419. The van der Waals surface area contributed by atoms with Crippen molar-refractivity contribution in [2.75, 3.05) is 7.05 Å². The standard InChI is InChI=1S/C19H26N2/c1-14(21(2)17-12-10-16(20)11-13-17)18-9-5-7-15-6-3-4-8-19(15)18/h3-9,14,16-17H,10-13,20H2,1-2H3. The van der Waals surface area contributed by atoms with Gasteiger partial charge in [0.2, 0.25) is 0 Å². The molecular formula is C19H26N2. The van der Waals surface area contributed by atoms with Crippen LogP contribution in [0.4, 0.5) is 0 Å². The fourth-order valence-corrected chi connectivity index (χ4v) is 3.66. The number of hydrogen-bond acceptors (Lipinski definition) is 2. The Hall–Kier alpha value is -1.38. The summed E-state index contributed by atoms with van der Waals surface area (Å²) in [6, 6.07) is 16.9. The Morgan fingerprint density at radius 3 is 2.43 bits per heavy atom. The van der Waals surface area contributed by atoms with Crippen molar-refractivity contribution in [3.8, 4) is 0 Å². The molecule has 2 N–H and O–H groups in total. The van der Waals surface area contributed by atoms with Crippen LogP contribution in [-0.4, -0.2) is 24.0 Å². The van der Waals surface area contributed by atoms with E-state index in [9.17, 15) is 0 Å². The van der Waals surface area contributed by atoms with Crippen LogP contribution in [0.5, 0.6) is 0 Å². The first-order valence-electron chi connectivity index (χ1n) is 8.12. The highest BCUT2D eigenvalue weighted by molar-refractivity contribution is 5.86. The third-order valence-corrected chi connectivity index (χ3v) is 5.20. The van der Waals surface area contributed by atoms with Crippen LogP contribution in [0.15, 0.2) is 42.5 Å². The van der Waals surface area contributed by atoms with Crippen LogP contribution in [-0.2, 0) is 0 Å². The normalized spacial score (nSPS) is 24.4. The summed E-state index contributed by atoms with van der Waals surface area (Å²) in [5, 5.41) is 2.72. The second-order valence-electron chi connectivity index (χ2n) is 6.48. The highest BCUT2D eigenvalue weighted by atomic mass is 15.2. The zero-order chi connectivity index (χ0) is 14.8. The van der Waals surface area contributed by atoms with E-state index in [4.69, 9.17) is 5.73 Å². The van der Waals surface area contributed by atoms with Gasteiger partial charge in [0, 0.05) is 18.1 Å². The van der Waals surface area contributed by atoms with Crippen LogP contribution >= 0.6 is 0 Å². The van der Waals surface area contributed by atoms with Gasteiger partial charge >= 0.3 is 0 Å². The van der Waals surface area contributed by atoms with E-state index in [0.717, 1.165) is 12.8 Å². The van der Waals surface area contributed by atoms with Gasteiger partial charge in [0.1, 0.15) is 0 Å². The second kappa shape index (κ2) is 6.17. The van der Waals surface area contributed by atoms with Crippen molar-refractivity contribution in [3.05, 3.63) is 48.0 Å². The molecule has 0 saturated heterocycles. The molecule has 0 aliphatic heterocycles. The van der Waals surface area contributed by atoms with Gasteiger partial charge in [0.15, 0.2) is 0 Å². The Balaban J connectivity index is 1.84. The molecule has 0 spiro atoms. The van der Waals surface area contributed by atoms with Crippen LogP contribution < -0.4 is 5.73 Å². The average molecular weight is 282 g/mol. The van der Waals surface area contributed by atoms with Crippen LogP contribution in [0, 0.1) is 0 Å². The molecule has 0 aromatic heterocycles. The van der Waals surface area contributed by atoms with Crippen LogP contribution in [0.3, 0.4) is 0 Å². The van der Waals surface area contributed by atoms with Crippen molar-refractivity contribution >= 4 is 10.8 Å². The van der Waals surface area contributed by atoms with Gasteiger partial charge in [-0.1, -0.05) is 42.5 Å². The molecule has 0 radical (unpaired) electrons. The quantitative estimate of drug-likeness (QED) is 0.918. The Labute approximate surface area is 127 Å². The van der Waals surface area contributed by atoms with Gasteiger partial charge in [-0.15, -0.1) is 0 Å². The van der Waals surface area contributed by atoms with Crippen molar-refractivity contribution in [2.45, 2.75) is 50.7 Å². The number of benzene rings is 2. The van der Waals surface area contributed by atoms with E-state index in [-0.39, 0.29) is 0 Å². The van der Waals surface area contributed by atoms with Gasteiger partial charge < -0.3 is 5.73 Å². The number of nitrogens with two attached hydrogens (primary N) is 1. The van der Waals surface area contributed by atoms with Crippen LogP contribution in [0.25, 0.3) is 10.8 Å². The summed E-state index contributed by atoms with van der Waals surface area (Å²) < 4.78 is 0. The molecule has 1 aliphatic carbocycles. The molecule has 1 aliphatic rings. The molecule has 1 saturated carbocycles. The fourth-order valence-electron chi connectivity index (χ4n) is 3.66. The summed E-state index contributed by atoms with van der Waals surface area (Å²) >= 11 is 0. The van der Waals surface area contributed by atoms with E-state index in [2.05, 4.69) is 61.3 Å². The lowest BCUT2D eigenvalue weighted by Gasteiger charge is -2.37. The molecule has 0 amide bonds. The first kappa shape index (κ1) is 14.6. The summed E-state index contributed by atoms with van der Waals surface area (Å²) in [7, 11) is 2.27. The van der Waals surface area contributed by atoms with Gasteiger partial charge in [-0.25, -0.2) is 0 Å². The lowest BCUT2D eigenvalue weighted by Crippen LogP contribution is -2.39. The monoisotopic (exact) mass is 282 g/mol. The molecule has 2 aromatic rings. The van der Waals surface area contributed by atoms with Crippen molar-refractivity contribution in [1.29, 1.82) is 0 Å². The topological polar surface area (TPSA) is 29.3 Å². The Kier molecular flexibility index (Phi) is 4.27. The lowest BCUT2D eigenvalue weighted by molar-refractivity contribution is 0.141. The van der Waals surface area contributed by atoms with Gasteiger partial charge in [0.05, 0.1) is 0 Å². The summed E-state index contributed by atoms with van der Waals surface area (Å²) in [4.78, 5) is 2.55. The number of rotatable bonds is 3. The molecule has 2 nitrogen and oxygen atoms in total. The van der Waals surface area contributed by atoms with Gasteiger partial charge in [-0.05, 0) is 56.0 Å². The minimum Gasteiger partial charge on any atom is -0.328 e. The molecular weight excluding hydrogens is 256 g/mol. The maximum Gasteiger partial charge on any atom is 0.0325 e. The second-order valence-corrected chi connectivity index (χ2v) is 6.48. The van der Waals surface area contributed by atoms with Crippen LogP contribution in [0.2, 0.25) is 0 Å². The van der Waals surface area contributed by atoms with Gasteiger partial charge in [-0.3, -0.25) is 4.90 Å². The minimum atomic E-state index is 0.419. The number of fused-ring (bicyclic) bond motifs is 1. The van der Waals surface area contributed by atoms with E-state index >= 15 is 0 Å². The zero-order valence-corrected chi connectivity index (χ0v) is 13.1. The molecule has 1 unspecified atom stereocenters. The molecule has 1 fully saturated rings. The summed E-state index contributed by atoms with van der Waals surface area (Å²) in [6.45, 7) is 2.33. The third kappa shape index (κ3) is 2.97. The largest absolute Gasteiger partial charge is 0.328 e. The molecule has 0 heterocycles. The maximum absolute atomic E-state index is 6.04. The average Bonchev–Trinajstić information content (AvgIpc) is 2.53. The Morgan fingerprint density at radius 2 is 1.67 bits per heavy atom. The predicted octanol–water partition coefficient (Wildman–Crippen LogP) is 4.10. The SMILES string of the molecule is CC(c1cccc2ccccc12)N(C)C1CCC(N)CC1. The first-order chi connectivity index (χ1) is 10.2. The Bertz CT molecular complexity index is 594. The smallest absolute Gasteiger partial charge is 0.0325 e. The van der Waals surface area contributed by atoms with E-state index in [1.807, 2.05) is 0 Å². The van der Waals surface area contributed by atoms with E-state index in [0.29, 0.717) is 18.1 Å². The van der Waals surface area contributed by atoms with Gasteiger partial charge in [-0.2, -0.15) is 0 Å². The number of hydrogen-bond donors (Lipinski definition) is 1. The molecule has 21 heavy (non-hydrogen) atoms. The first-order valence-corrected chi connectivity index (χ1v) is 8.12. The molecule has 112 valence electrons. The van der Waals surface area contributed by atoms with E-state index in [1.54, 1.807) is 0 Å². The molecule has 0 bridgehead atoms. The van der Waals surface area contributed by atoms with Crippen LogP contribution in [0.1, 0.15) is 44.2 Å². The summed E-state index contributed by atoms with van der Waals surface area (Å²) in [6.07, 6.45) is 4.79. The summed E-state index contributed by atoms with van der Waals surface area (Å²) in [5.41, 5.74) is 7.48.